The first-order valence-electron chi connectivity index (χ1n) is 6.95. The molecule has 0 saturated carbocycles. The van der Waals surface area contributed by atoms with Gasteiger partial charge in [-0.25, -0.2) is 0 Å². The van der Waals surface area contributed by atoms with Crippen molar-refractivity contribution >= 4 is 0 Å². The fourth-order valence-electron chi connectivity index (χ4n) is 3.06. The van der Waals surface area contributed by atoms with Gasteiger partial charge in [0.2, 0.25) is 0 Å². The smallest absolute Gasteiger partial charge is 0.388 e. The molecule has 1 unspecified atom stereocenters. The molecule has 0 radical (unpaired) electrons. The van der Waals surface area contributed by atoms with Crippen LogP contribution in [0.15, 0.2) is 30.3 Å². The minimum absolute atomic E-state index is 0.498. The Morgan fingerprint density at radius 2 is 2.00 bits per heavy atom. The van der Waals surface area contributed by atoms with Crippen LogP contribution < -0.4 is 0 Å². The van der Waals surface area contributed by atoms with Crippen molar-refractivity contribution in [3.63, 3.8) is 0 Å². The number of hydrogen-bond donors (Lipinski definition) is 1. The van der Waals surface area contributed by atoms with Crippen LogP contribution in [0.2, 0.25) is 0 Å². The number of aliphatic hydroxyl groups is 1. The zero-order valence-electron chi connectivity index (χ0n) is 11.6. The Morgan fingerprint density at radius 3 is 2.71 bits per heavy atom. The second-order valence-electron chi connectivity index (χ2n) is 5.48. The molecule has 1 aromatic carbocycles. The summed E-state index contributed by atoms with van der Waals surface area (Å²) in [5.74, 6) is 0. The fraction of sp³-hybridized carbons (Fsp3) is 0.375. The molecule has 0 fully saturated rings. The van der Waals surface area contributed by atoms with E-state index in [9.17, 15) is 18.3 Å². The van der Waals surface area contributed by atoms with Crippen LogP contribution in [0.3, 0.4) is 0 Å². The first-order chi connectivity index (χ1) is 9.88. The monoisotopic (exact) mass is 295 g/mol. The average molecular weight is 295 g/mol. The predicted molar refractivity (Wildman–Crippen MR) is 73.4 cm³/mol. The number of nitrogens with zero attached hydrogens (tertiary/aromatic N) is 1. The van der Waals surface area contributed by atoms with E-state index in [1.54, 1.807) is 6.07 Å². The van der Waals surface area contributed by atoms with Crippen LogP contribution in [0.5, 0.6) is 0 Å². The van der Waals surface area contributed by atoms with E-state index in [0.29, 0.717) is 12.1 Å². The largest absolute Gasteiger partial charge is 0.416 e. The highest BCUT2D eigenvalue weighted by atomic mass is 19.4. The third-order valence-corrected chi connectivity index (χ3v) is 4.00. The lowest BCUT2D eigenvalue weighted by molar-refractivity contribution is -0.137. The minimum atomic E-state index is -4.35. The lowest BCUT2D eigenvalue weighted by Gasteiger charge is -2.21. The molecule has 2 aromatic rings. The van der Waals surface area contributed by atoms with Gasteiger partial charge in [-0.15, -0.1) is 0 Å². The van der Waals surface area contributed by atoms with Crippen molar-refractivity contribution in [2.45, 2.75) is 38.5 Å². The molecule has 2 nitrogen and oxygen atoms in total. The molecule has 5 heteroatoms. The van der Waals surface area contributed by atoms with Crippen LogP contribution in [0, 0.1) is 6.92 Å². The standard InChI is InChI=1S/C16H16F3NO/c1-10-8-13-14(6-3-7-15(13)21)20(10)12-5-2-4-11(9-12)16(17,18)19/h2,4-5,8-9,15,21H,3,6-7H2,1H3. The van der Waals surface area contributed by atoms with Gasteiger partial charge in [-0.3, -0.25) is 0 Å². The number of fused-ring (bicyclic) bond motifs is 1. The lowest BCUT2D eigenvalue weighted by Crippen LogP contribution is -2.12. The molecule has 1 aliphatic rings. The Morgan fingerprint density at radius 1 is 1.24 bits per heavy atom. The summed E-state index contributed by atoms with van der Waals surface area (Å²) in [6, 6.07) is 7.20. The summed E-state index contributed by atoms with van der Waals surface area (Å²) in [5, 5.41) is 10.0. The molecule has 1 aromatic heterocycles. The number of aryl methyl sites for hydroxylation is 1. The summed E-state index contributed by atoms with van der Waals surface area (Å²) in [5.41, 5.74) is 2.46. The summed E-state index contributed by atoms with van der Waals surface area (Å²) in [6.07, 6.45) is -2.54. The van der Waals surface area contributed by atoms with Crippen molar-refractivity contribution in [2.24, 2.45) is 0 Å². The number of rotatable bonds is 1. The lowest BCUT2D eigenvalue weighted by atomic mass is 9.95. The zero-order valence-corrected chi connectivity index (χ0v) is 11.6. The fourth-order valence-corrected chi connectivity index (χ4v) is 3.06. The molecule has 1 N–H and O–H groups in total. The molecule has 1 atom stereocenters. The van der Waals surface area contributed by atoms with Crippen LogP contribution in [-0.2, 0) is 12.6 Å². The van der Waals surface area contributed by atoms with Crippen molar-refractivity contribution in [3.05, 3.63) is 52.8 Å². The van der Waals surface area contributed by atoms with Crippen molar-refractivity contribution in [2.75, 3.05) is 0 Å². The Balaban J connectivity index is 2.13. The molecule has 1 heterocycles. The van der Waals surface area contributed by atoms with Gasteiger partial charge < -0.3 is 9.67 Å². The van der Waals surface area contributed by atoms with E-state index in [2.05, 4.69) is 0 Å². The zero-order chi connectivity index (χ0) is 15.2. The topological polar surface area (TPSA) is 25.2 Å². The molecule has 21 heavy (non-hydrogen) atoms. The maximum atomic E-state index is 12.9. The summed E-state index contributed by atoms with van der Waals surface area (Å²) in [7, 11) is 0. The van der Waals surface area contributed by atoms with Gasteiger partial charge >= 0.3 is 6.18 Å². The highest BCUT2D eigenvalue weighted by Crippen LogP contribution is 2.35. The Bertz CT molecular complexity index is 673. The van der Waals surface area contributed by atoms with E-state index in [-0.39, 0.29) is 0 Å². The van der Waals surface area contributed by atoms with Gasteiger partial charge in [0.25, 0.3) is 0 Å². The van der Waals surface area contributed by atoms with Crippen molar-refractivity contribution < 1.29 is 18.3 Å². The maximum Gasteiger partial charge on any atom is 0.416 e. The molecule has 1 aliphatic carbocycles. The summed E-state index contributed by atoms with van der Waals surface area (Å²) in [6.45, 7) is 1.85. The van der Waals surface area contributed by atoms with Crippen LogP contribution in [0.4, 0.5) is 13.2 Å². The molecule has 0 bridgehead atoms. The molecule has 112 valence electrons. The van der Waals surface area contributed by atoms with Crippen molar-refractivity contribution in [1.29, 1.82) is 0 Å². The van der Waals surface area contributed by atoms with Gasteiger partial charge in [0.1, 0.15) is 0 Å². The Hall–Kier alpha value is -1.75. The minimum Gasteiger partial charge on any atom is -0.388 e. The van der Waals surface area contributed by atoms with Gasteiger partial charge in [-0.1, -0.05) is 6.07 Å². The molecular weight excluding hydrogens is 279 g/mol. The van der Waals surface area contributed by atoms with Gasteiger partial charge in [0, 0.05) is 22.6 Å². The normalized spacial score (nSPS) is 18.6. The van der Waals surface area contributed by atoms with Crippen LogP contribution >= 0.6 is 0 Å². The Labute approximate surface area is 120 Å². The van der Waals surface area contributed by atoms with Gasteiger partial charge in [0.05, 0.1) is 11.7 Å². The van der Waals surface area contributed by atoms with Crippen LogP contribution in [0.25, 0.3) is 5.69 Å². The number of benzene rings is 1. The Kier molecular flexibility index (Phi) is 3.32. The second kappa shape index (κ2) is 4.91. The summed E-state index contributed by atoms with van der Waals surface area (Å²) >= 11 is 0. The highest BCUT2D eigenvalue weighted by Gasteiger charge is 2.31. The predicted octanol–water partition coefficient (Wildman–Crippen LogP) is 4.17. The van der Waals surface area contributed by atoms with E-state index < -0.39 is 17.8 Å². The number of aromatic nitrogens is 1. The summed E-state index contributed by atoms with van der Waals surface area (Å²) in [4.78, 5) is 0. The van der Waals surface area contributed by atoms with E-state index in [1.165, 1.54) is 6.07 Å². The number of aliphatic hydroxyl groups excluding tert-OH is 1. The van der Waals surface area contributed by atoms with Gasteiger partial charge in [0.15, 0.2) is 0 Å². The molecular formula is C16H16F3NO. The van der Waals surface area contributed by atoms with E-state index in [1.807, 2.05) is 17.6 Å². The van der Waals surface area contributed by atoms with Crippen molar-refractivity contribution in [3.8, 4) is 5.69 Å². The number of halogens is 3. The number of hydrogen-bond acceptors (Lipinski definition) is 1. The second-order valence-corrected chi connectivity index (χ2v) is 5.48. The van der Waals surface area contributed by atoms with Crippen LogP contribution in [0.1, 0.15) is 41.5 Å². The maximum absolute atomic E-state index is 12.9. The molecule has 3 rings (SSSR count). The highest BCUT2D eigenvalue weighted by molar-refractivity contribution is 5.45. The van der Waals surface area contributed by atoms with Gasteiger partial charge in [-0.2, -0.15) is 13.2 Å². The third-order valence-electron chi connectivity index (χ3n) is 4.00. The van der Waals surface area contributed by atoms with E-state index in [4.69, 9.17) is 0 Å². The number of alkyl halides is 3. The van der Waals surface area contributed by atoms with Crippen molar-refractivity contribution in [1.82, 2.24) is 4.57 Å². The first-order valence-corrected chi connectivity index (χ1v) is 6.95. The molecule has 0 aliphatic heterocycles. The first kappa shape index (κ1) is 14.2. The third kappa shape index (κ3) is 2.46. The molecule has 0 amide bonds. The van der Waals surface area contributed by atoms with E-state index in [0.717, 1.165) is 41.9 Å². The molecule has 0 spiro atoms. The quantitative estimate of drug-likeness (QED) is 0.839. The van der Waals surface area contributed by atoms with E-state index >= 15 is 0 Å². The molecule has 0 saturated heterocycles. The summed E-state index contributed by atoms with van der Waals surface area (Å²) < 4.78 is 40.4. The average Bonchev–Trinajstić information content (AvgIpc) is 2.76. The van der Waals surface area contributed by atoms with Gasteiger partial charge in [-0.05, 0) is 50.5 Å². The SMILES string of the molecule is Cc1cc2c(n1-c1cccc(C(F)(F)F)c1)CCCC2O. The van der Waals surface area contributed by atoms with Crippen LogP contribution in [-0.4, -0.2) is 9.67 Å².